The molecule has 0 radical (unpaired) electrons. The Labute approximate surface area is 206 Å². The largest absolute Gasteiger partial charge is 0.452 e. The van der Waals surface area contributed by atoms with Gasteiger partial charge in [0.1, 0.15) is 18.3 Å². The fourth-order valence-electron chi connectivity index (χ4n) is 3.87. The van der Waals surface area contributed by atoms with Crippen LogP contribution in [-0.2, 0) is 14.2 Å². The molecule has 1 saturated carbocycles. The van der Waals surface area contributed by atoms with Crippen molar-refractivity contribution < 1.29 is 43.9 Å². The highest BCUT2D eigenvalue weighted by Gasteiger charge is 2.55. The minimum atomic E-state index is -1.88. The van der Waals surface area contributed by atoms with E-state index in [1.165, 1.54) is 36.4 Å². The molecule has 3 aromatic carbocycles. The van der Waals surface area contributed by atoms with Crippen LogP contribution in [0.25, 0.3) is 0 Å². The van der Waals surface area contributed by atoms with Crippen LogP contribution in [0.5, 0.6) is 0 Å². The van der Waals surface area contributed by atoms with Crippen LogP contribution in [0, 0.1) is 0 Å². The van der Waals surface area contributed by atoms with Gasteiger partial charge in [0.2, 0.25) is 0 Å². The first kappa shape index (κ1) is 25.1. The molecule has 0 spiro atoms. The zero-order chi connectivity index (χ0) is 25.7. The highest BCUT2D eigenvalue weighted by Crippen LogP contribution is 2.30. The molecular formula is C27H24O9. The normalized spacial score (nSPS) is 25.4. The summed E-state index contributed by atoms with van der Waals surface area (Å²) in [6.07, 6.45) is -10.6. The molecule has 9 nitrogen and oxygen atoms in total. The molecule has 0 amide bonds. The van der Waals surface area contributed by atoms with Gasteiger partial charge in [-0.15, -0.1) is 0 Å². The third-order valence-electron chi connectivity index (χ3n) is 5.78. The summed E-state index contributed by atoms with van der Waals surface area (Å²) >= 11 is 0. The maximum Gasteiger partial charge on any atom is 0.338 e. The molecule has 3 N–H and O–H groups in total. The number of benzene rings is 3. The van der Waals surface area contributed by atoms with E-state index in [4.69, 9.17) is 14.2 Å². The van der Waals surface area contributed by atoms with E-state index < -0.39 is 54.5 Å². The highest BCUT2D eigenvalue weighted by molar-refractivity contribution is 5.91. The van der Waals surface area contributed by atoms with E-state index in [0.29, 0.717) is 0 Å². The van der Waals surface area contributed by atoms with Gasteiger partial charge in [-0.2, -0.15) is 0 Å². The molecule has 4 rings (SSSR count). The number of carbonyl (C=O) groups excluding carboxylic acids is 3. The van der Waals surface area contributed by atoms with Crippen molar-refractivity contribution >= 4 is 17.9 Å². The summed E-state index contributed by atoms with van der Waals surface area (Å²) < 4.78 is 16.4. The molecule has 9 heteroatoms. The van der Waals surface area contributed by atoms with Crippen molar-refractivity contribution in [3.05, 3.63) is 108 Å². The van der Waals surface area contributed by atoms with E-state index >= 15 is 0 Å². The van der Waals surface area contributed by atoms with Crippen molar-refractivity contribution in [1.29, 1.82) is 0 Å². The van der Waals surface area contributed by atoms with Crippen molar-refractivity contribution in [2.24, 2.45) is 0 Å². The smallest absolute Gasteiger partial charge is 0.338 e. The summed E-state index contributed by atoms with van der Waals surface area (Å²) in [4.78, 5) is 38.4. The van der Waals surface area contributed by atoms with Crippen molar-refractivity contribution in [2.45, 2.75) is 36.6 Å². The van der Waals surface area contributed by atoms with Crippen molar-refractivity contribution in [3.63, 3.8) is 0 Å². The van der Waals surface area contributed by atoms with Gasteiger partial charge in [-0.05, 0) is 36.4 Å². The summed E-state index contributed by atoms with van der Waals surface area (Å²) in [5.74, 6) is -2.63. The summed E-state index contributed by atoms with van der Waals surface area (Å²) in [6.45, 7) is 0. The lowest BCUT2D eigenvalue weighted by atomic mass is 9.84. The molecule has 0 aromatic heterocycles. The second-order valence-electron chi connectivity index (χ2n) is 8.18. The average Bonchev–Trinajstić information content (AvgIpc) is 2.93. The molecule has 0 bridgehead atoms. The Balaban J connectivity index is 1.67. The zero-order valence-electron chi connectivity index (χ0n) is 18.9. The molecule has 3 aromatic rings. The predicted octanol–water partition coefficient (Wildman–Crippen LogP) is 1.76. The van der Waals surface area contributed by atoms with Gasteiger partial charge in [0.25, 0.3) is 0 Å². The number of hydrogen-bond acceptors (Lipinski definition) is 9. The van der Waals surface area contributed by atoms with Gasteiger partial charge in [-0.3, -0.25) is 0 Å². The Bertz CT molecular complexity index is 1120. The van der Waals surface area contributed by atoms with E-state index in [2.05, 4.69) is 0 Å². The molecule has 186 valence electrons. The van der Waals surface area contributed by atoms with Crippen LogP contribution in [-0.4, -0.2) is 69.9 Å². The molecule has 6 atom stereocenters. The van der Waals surface area contributed by atoms with Crippen LogP contribution in [0.4, 0.5) is 0 Å². The lowest BCUT2D eigenvalue weighted by molar-refractivity contribution is -0.223. The Morgan fingerprint density at radius 1 is 0.444 bits per heavy atom. The van der Waals surface area contributed by atoms with Crippen LogP contribution >= 0.6 is 0 Å². The van der Waals surface area contributed by atoms with Gasteiger partial charge in [-0.25, -0.2) is 14.4 Å². The fourth-order valence-corrected chi connectivity index (χ4v) is 3.87. The summed E-state index contributed by atoms with van der Waals surface area (Å²) in [5, 5.41) is 31.9. The monoisotopic (exact) mass is 492 g/mol. The van der Waals surface area contributed by atoms with E-state index in [-0.39, 0.29) is 16.7 Å². The van der Waals surface area contributed by atoms with E-state index in [0.717, 1.165) is 0 Å². The number of ether oxygens (including phenoxy) is 3. The first-order valence-corrected chi connectivity index (χ1v) is 11.2. The molecule has 0 saturated heterocycles. The Hall–Kier alpha value is -4.05. The molecule has 2 unspecified atom stereocenters. The first-order chi connectivity index (χ1) is 17.4. The fraction of sp³-hybridized carbons (Fsp3) is 0.222. The maximum absolute atomic E-state index is 12.9. The lowest BCUT2D eigenvalue weighted by Crippen LogP contribution is -2.66. The summed E-state index contributed by atoms with van der Waals surface area (Å²) in [7, 11) is 0. The van der Waals surface area contributed by atoms with Crippen LogP contribution in [0.2, 0.25) is 0 Å². The van der Waals surface area contributed by atoms with Crippen molar-refractivity contribution in [1.82, 2.24) is 0 Å². The van der Waals surface area contributed by atoms with Gasteiger partial charge in [-0.1, -0.05) is 54.6 Å². The molecule has 36 heavy (non-hydrogen) atoms. The van der Waals surface area contributed by atoms with Gasteiger partial charge in [0.05, 0.1) is 16.7 Å². The predicted molar refractivity (Wildman–Crippen MR) is 125 cm³/mol. The van der Waals surface area contributed by atoms with E-state index in [9.17, 15) is 29.7 Å². The molecule has 0 heterocycles. The second kappa shape index (κ2) is 11.1. The third-order valence-corrected chi connectivity index (χ3v) is 5.78. The Kier molecular flexibility index (Phi) is 7.74. The van der Waals surface area contributed by atoms with Crippen LogP contribution in [0.3, 0.4) is 0 Å². The minimum absolute atomic E-state index is 0.133. The SMILES string of the molecule is O=C(OC1[C@@H](OC(=O)c2ccccc2)[C@H](O)C(O)[C@H](O)[C@H]1OC(=O)c1ccccc1)c1ccccc1. The summed E-state index contributed by atoms with van der Waals surface area (Å²) in [6, 6.07) is 23.5. The molecule has 1 aliphatic rings. The molecular weight excluding hydrogens is 468 g/mol. The second-order valence-corrected chi connectivity index (χ2v) is 8.18. The number of aliphatic hydroxyl groups is 3. The van der Waals surface area contributed by atoms with Gasteiger partial charge >= 0.3 is 17.9 Å². The lowest BCUT2D eigenvalue weighted by Gasteiger charge is -2.44. The Morgan fingerprint density at radius 2 is 0.722 bits per heavy atom. The van der Waals surface area contributed by atoms with Crippen LogP contribution in [0.15, 0.2) is 91.0 Å². The van der Waals surface area contributed by atoms with Crippen LogP contribution < -0.4 is 0 Å². The standard InChI is InChI=1S/C27H24O9/c28-19-20(29)22(34-25(31)16-10-4-1-5-11-16)24(36-27(33)18-14-8-3-9-15-18)23(21(19)30)35-26(32)17-12-6-2-7-13-17/h1-15,19-24,28-30H/t19?,20-,21+,22+,23-,24?. The first-order valence-electron chi connectivity index (χ1n) is 11.2. The maximum atomic E-state index is 12.9. The third kappa shape index (κ3) is 5.44. The quantitative estimate of drug-likeness (QED) is 0.347. The number of hydrogen-bond donors (Lipinski definition) is 3. The average molecular weight is 492 g/mol. The van der Waals surface area contributed by atoms with E-state index in [1.807, 2.05) is 0 Å². The summed E-state index contributed by atoms with van der Waals surface area (Å²) in [5.41, 5.74) is 0.404. The number of carbonyl (C=O) groups is 3. The molecule has 1 aliphatic carbocycles. The number of aliphatic hydroxyl groups excluding tert-OH is 3. The highest BCUT2D eigenvalue weighted by atomic mass is 16.6. The molecule has 1 fully saturated rings. The minimum Gasteiger partial charge on any atom is -0.452 e. The van der Waals surface area contributed by atoms with Crippen molar-refractivity contribution in [3.8, 4) is 0 Å². The number of esters is 3. The number of rotatable bonds is 6. The van der Waals surface area contributed by atoms with Crippen molar-refractivity contribution in [2.75, 3.05) is 0 Å². The zero-order valence-corrected chi connectivity index (χ0v) is 18.9. The van der Waals surface area contributed by atoms with Crippen LogP contribution in [0.1, 0.15) is 31.1 Å². The van der Waals surface area contributed by atoms with E-state index in [1.54, 1.807) is 54.6 Å². The topological polar surface area (TPSA) is 140 Å². The van der Waals surface area contributed by atoms with Gasteiger partial charge in [0.15, 0.2) is 18.3 Å². The van der Waals surface area contributed by atoms with Gasteiger partial charge < -0.3 is 29.5 Å². The molecule has 0 aliphatic heterocycles. The Morgan fingerprint density at radius 3 is 1.03 bits per heavy atom. The van der Waals surface area contributed by atoms with Gasteiger partial charge in [0, 0.05) is 0 Å².